The molecular formula is C20H26N2O5. The SMILES string of the molecule is CCOC(=O)C1CNCCC1C(=O)/C(=C/[N+](=O)[O-])c1ccccc1C(C)C. The lowest BCUT2D eigenvalue weighted by molar-refractivity contribution is -0.401. The minimum absolute atomic E-state index is 0.0468. The molecule has 27 heavy (non-hydrogen) atoms. The van der Waals surface area contributed by atoms with Crippen LogP contribution in [0.2, 0.25) is 0 Å². The summed E-state index contributed by atoms with van der Waals surface area (Å²) in [5, 5.41) is 14.3. The molecule has 0 aliphatic carbocycles. The molecule has 0 saturated carbocycles. The summed E-state index contributed by atoms with van der Waals surface area (Å²) in [4.78, 5) is 36.3. The highest BCUT2D eigenvalue weighted by Crippen LogP contribution is 2.32. The minimum Gasteiger partial charge on any atom is -0.466 e. The molecule has 1 aromatic carbocycles. The van der Waals surface area contributed by atoms with E-state index in [-0.39, 0.29) is 23.9 Å². The Morgan fingerprint density at radius 2 is 2.04 bits per heavy atom. The third-order valence-electron chi connectivity index (χ3n) is 4.78. The van der Waals surface area contributed by atoms with Gasteiger partial charge in [-0.05, 0) is 36.9 Å². The molecule has 7 heteroatoms. The number of rotatable bonds is 7. The number of ether oxygens (including phenoxy) is 1. The highest BCUT2D eigenvalue weighted by molar-refractivity contribution is 6.22. The summed E-state index contributed by atoms with van der Waals surface area (Å²) >= 11 is 0. The molecular weight excluding hydrogens is 348 g/mol. The van der Waals surface area contributed by atoms with Crippen molar-refractivity contribution in [1.29, 1.82) is 0 Å². The topological polar surface area (TPSA) is 98.5 Å². The van der Waals surface area contributed by atoms with E-state index in [1.54, 1.807) is 19.1 Å². The number of carbonyl (C=O) groups is 2. The van der Waals surface area contributed by atoms with Crippen LogP contribution in [0.25, 0.3) is 5.57 Å². The van der Waals surface area contributed by atoms with E-state index < -0.39 is 22.7 Å². The van der Waals surface area contributed by atoms with E-state index in [2.05, 4.69) is 5.32 Å². The van der Waals surface area contributed by atoms with Crippen LogP contribution in [0, 0.1) is 22.0 Å². The van der Waals surface area contributed by atoms with Crippen molar-refractivity contribution in [3.63, 3.8) is 0 Å². The van der Waals surface area contributed by atoms with Gasteiger partial charge in [0.1, 0.15) is 0 Å². The lowest BCUT2D eigenvalue weighted by Gasteiger charge is -2.30. The molecule has 1 saturated heterocycles. The normalized spacial score (nSPS) is 20.4. The summed E-state index contributed by atoms with van der Waals surface area (Å²) in [5.41, 5.74) is 1.46. The lowest BCUT2D eigenvalue weighted by Crippen LogP contribution is -2.45. The van der Waals surface area contributed by atoms with E-state index in [0.717, 1.165) is 11.8 Å². The van der Waals surface area contributed by atoms with Crippen LogP contribution in [-0.4, -0.2) is 36.4 Å². The number of carbonyl (C=O) groups excluding carboxylic acids is 2. The second-order valence-corrected chi connectivity index (χ2v) is 6.89. The molecule has 0 amide bonds. The predicted octanol–water partition coefficient (Wildman–Crippen LogP) is 2.79. The van der Waals surface area contributed by atoms with E-state index in [4.69, 9.17) is 4.74 Å². The number of Topliss-reactive ketones (excluding diaryl/α,β-unsaturated/α-hetero) is 1. The van der Waals surface area contributed by atoms with Gasteiger partial charge in [-0.15, -0.1) is 0 Å². The Balaban J connectivity index is 2.46. The molecule has 1 fully saturated rings. The number of benzene rings is 1. The smallest absolute Gasteiger partial charge is 0.310 e. The average Bonchev–Trinajstić information content (AvgIpc) is 2.65. The van der Waals surface area contributed by atoms with E-state index in [1.807, 2.05) is 26.0 Å². The number of nitrogens with one attached hydrogen (secondary N) is 1. The largest absolute Gasteiger partial charge is 0.466 e. The number of piperidine rings is 1. The number of allylic oxidation sites excluding steroid dienone is 1. The molecule has 0 spiro atoms. The quantitative estimate of drug-likeness (QED) is 0.341. The van der Waals surface area contributed by atoms with Crippen molar-refractivity contribution in [2.24, 2.45) is 11.8 Å². The molecule has 146 valence electrons. The summed E-state index contributed by atoms with van der Waals surface area (Å²) in [5.74, 6) is -2.01. The zero-order valence-corrected chi connectivity index (χ0v) is 15.9. The third-order valence-corrected chi connectivity index (χ3v) is 4.78. The summed E-state index contributed by atoms with van der Waals surface area (Å²) < 4.78 is 5.11. The number of nitrogens with zero attached hydrogens (tertiary/aromatic N) is 1. The molecule has 1 aromatic rings. The average molecular weight is 374 g/mol. The van der Waals surface area contributed by atoms with Gasteiger partial charge in [-0.25, -0.2) is 0 Å². The van der Waals surface area contributed by atoms with Gasteiger partial charge in [0.15, 0.2) is 5.78 Å². The first-order valence-corrected chi connectivity index (χ1v) is 9.23. The molecule has 1 aliphatic rings. The molecule has 2 atom stereocenters. The molecule has 0 bridgehead atoms. The summed E-state index contributed by atoms with van der Waals surface area (Å²) in [7, 11) is 0. The van der Waals surface area contributed by atoms with Crippen LogP contribution >= 0.6 is 0 Å². The molecule has 1 aliphatic heterocycles. The number of hydrogen-bond donors (Lipinski definition) is 1. The van der Waals surface area contributed by atoms with Crippen molar-refractivity contribution in [2.45, 2.75) is 33.1 Å². The molecule has 7 nitrogen and oxygen atoms in total. The monoisotopic (exact) mass is 374 g/mol. The maximum Gasteiger partial charge on any atom is 0.310 e. The van der Waals surface area contributed by atoms with Gasteiger partial charge in [-0.1, -0.05) is 38.1 Å². The first-order valence-electron chi connectivity index (χ1n) is 9.23. The number of esters is 1. The van der Waals surface area contributed by atoms with Crippen molar-refractivity contribution in [3.8, 4) is 0 Å². The number of ketones is 1. The summed E-state index contributed by atoms with van der Waals surface area (Å²) in [6.45, 7) is 6.78. The zero-order chi connectivity index (χ0) is 20.0. The Bertz CT molecular complexity index is 742. The second kappa shape index (κ2) is 9.41. The van der Waals surface area contributed by atoms with Crippen LogP contribution < -0.4 is 5.32 Å². The van der Waals surface area contributed by atoms with Crippen molar-refractivity contribution in [3.05, 3.63) is 51.7 Å². The van der Waals surface area contributed by atoms with E-state index in [0.29, 0.717) is 25.1 Å². The lowest BCUT2D eigenvalue weighted by atomic mass is 9.78. The fraction of sp³-hybridized carbons (Fsp3) is 0.500. The standard InChI is InChI=1S/C20H26N2O5/c1-4-27-20(24)17-11-21-10-9-16(17)19(23)18(12-22(25)26)15-8-6-5-7-14(15)13(2)3/h5-8,12-13,16-17,21H,4,9-11H2,1-3H3/b18-12+. The van der Waals surface area contributed by atoms with Gasteiger partial charge >= 0.3 is 5.97 Å². The third kappa shape index (κ3) is 5.01. The van der Waals surface area contributed by atoms with Crippen molar-refractivity contribution in [1.82, 2.24) is 5.32 Å². The van der Waals surface area contributed by atoms with Gasteiger partial charge in [-0.3, -0.25) is 19.7 Å². The fourth-order valence-corrected chi connectivity index (χ4v) is 3.49. The van der Waals surface area contributed by atoms with Crippen LogP contribution in [0.5, 0.6) is 0 Å². The molecule has 0 radical (unpaired) electrons. The van der Waals surface area contributed by atoms with Crippen molar-refractivity contribution >= 4 is 17.3 Å². The summed E-state index contributed by atoms with van der Waals surface area (Å²) in [6.07, 6.45) is 1.20. The molecule has 1 heterocycles. The highest BCUT2D eigenvalue weighted by Gasteiger charge is 2.39. The van der Waals surface area contributed by atoms with Gasteiger partial charge < -0.3 is 10.1 Å². The van der Waals surface area contributed by atoms with E-state index in [9.17, 15) is 19.7 Å². The zero-order valence-electron chi connectivity index (χ0n) is 15.9. The molecule has 2 unspecified atom stereocenters. The maximum absolute atomic E-state index is 13.3. The van der Waals surface area contributed by atoms with Crippen LogP contribution in [0.1, 0.15) is 44.2 Å². The van der Waals surface area contributed by atoms with Crippen molar-refractivity contribution < 1.29 is 19.2 Å². The first kappa shape index (κ1) is 20.8. The van der Waals surface area contributed by atoms with Gasteiger partial charge in [0.25, 0.3) is 0 Å². The van der Waals surface area contributed by atoms with Gasteiger partial charge in [0.05, 0.1) is 23.0 Å². The Hall–Kier alpha value is -2.54. The summed E-state index contributed by atoms with van der Waals surface area (Å²) in [6, 6.07) is 7.20. The fourth-order valence-electron chi connectivity index (χ4n) is 3.49. The van der Waals surface area contributed by atoms with Crippen LogP contribution in [0.3, 0.4) is 0 Å². The van der Waals surface area contributed by atoms with Crippen LogP contribution in [0.4, 0.5) is 0 Å². The Morgan fingerprint density at radius 3 is 2.67 bits per heavy atom. The predicted molar refractivity (Wildman–Crippen MR) is 102 cm³/mol. The van der Waals surface area contributed by atoms with E-state index in [1.165, 1.54) is 0 Å². The Labute approximate surface area is 158 Å². The second-order valence-electron chi connectivity index (χ2n) is 6.89. The molecule has 0 aromatic heterocycles. The minimum atomic E-state index is -0.646. The van der Waals surface area contributed by atoms with Crippen molar-refractivity contribution in [2.75, 3.05) is 19.7 Å². The first-order chi connectivity index (χ1) is 12.9. The Morgan fingerprint density at radius 1 is 1.33 bits per heavy atom. The van der Waals surface area contributed by atoms with Gasteiger partial charge in [0, 0.05) is 12.5 Å². The Kier molecular flexibility index (Phi) is 7.24. The van der Waals surface area contributed by atoms with Gasteiger partial charge in [-0.2, -0.15) is 0 Å². The van der Waals surface area contributed by atoms with E-state index >= 15 is 0 Å². The van der Waals surface area contributed by atoms with Gasteiger partial charge in [0.2, 0.25) is 6.20 Å². The van der Waals surface area contributed by atoms with Crippen LogP contribution in [0.15, 0.2) is 30.5 Å². The maximum atomic E-state index is 13.3. The number of hydrogen-bond acceptors (Lipinski definition) is 6. The molecule has 1 N–H and O–H groups in total. The highest BCUT2D eigenvalue weighted by atomic mass is 16.6. The number of nitro groups is 1. The van der Waals surface area contributed by atoms with Crippen LogP contribution in [-0.2, 0) is 14.3 Å². The molecule has 2 rings (SSSR count).